The van der Waals surface area contributed by atoms with E-state index in [-0.39, 0.29) is 0 Å². The molecule has 0 amide bonds. The molecule has 0 fully saturated rings. The minimum atomic E-state index is -1.49. The van der Waals surface area contributed by atoms with Crippen molar-refractivity contribution in [1.29, 1.82) is 0 Å². The van der Waals surface area contributed by atoms with E-state index in [1.54, 1.807) is 0 Å². The van der Waals surface area contributed by atoms with Crippen molar-refractivity contribution in [3.8, 4) is 16.9 Å². The Hall–Kier alpha value is -2.65. The SMILES string of the molecule is Cc1cc2c(c3ccccc13)-c1c(cc(C)c3ccccc13)S(=O)O2. The van der Waals surface area contributed by atoms with Crippen molar-refractivity contribution in [3.05, 3.63) is 71.8 Å². The molecule has 0 spiro atoms. The van der Waals surface area contributed by atoms with Gasteiger partial charge in [0, 0.05) is 11.1 Å². The quantitative estimate of drug-likeness (QED) is 0.409. The van der Waals surface area contributed by atoms with Crippen molar-refractivity contribution in [2.45, 2.75) is 18.7 Å². The normalized spacial score (nSPS) is 15.7. The Morgan fingerprint density at radius 1 is 0.720 bits per heavy atom. The maximum absolute atomic E-state index is 12.8. The van der Waals surface area contributed by atoms with Crippen LogP contribution in [0.2, 0.25) is 0 Å². The second-order valence-corrected chi connectivity index (χ2v) is 7.62. The molecule has 25 heavy (non-hydrogen) atoms. The van der Waals surface area contributed by atoms with Crippen molar-refractivity contribution in [2.24, 2.45) is 0 Å². The molecular formula is C22H16O2S. The number of fused-ring (bicyclic) bond motifs is 7. The molecule has 1 aliphatic heterocycles. The minimum absolute atomic E-state index is 0.705. The van der Waals surface area contributed by atoms with Crippen molar-refractivity contribution in [3.63, 3.8) is 0 Å². The van der Waals surface area contributed by atoms with E-state index < -0.39 is 11.1 Å². The summed E-state index contributed by atoms with van der Waals surface area (Å²) >= 11 is -1.49. The zero-order valence-electron chi connectivity index (χ0n) is 14.0. The predicted octanol–water partition coefficient (Wildman–Crippen LogP) is 5.69. The van der Waals surface area contributed by atoms with Crippen LogP contribution in [0.1, 0.15) is 11.1 Å². The molecule has 0 aromatic heterocycles. The fraction of sp³-hybridized carbons (Fsp3) is 0.0909. The summed E-state index contributed by atoms with van der Waals surface area (Å²) in [4.78, 5) is 0.762. The van der Waals surface area contributed by atoms with E-state index in [0.29, 0.717) is 5.75 Å². The standard InChI is InChI=1S/C22H16O2S/c1-13-11-19-21(17-9-5-3-7-15(13)17)22-18-10-6-4-8-16(18)14(2)12-20(22)25(23)24-19/h3-12H,1-2H3. The maximum atomic E-state index is 12.8. The van der Waals surface area contributed by atoms with Gasteiger partial charge >= 0.3 is 0 Å². The van der Waals surface area contributed by atoms with E-state index in [4.69, 9.17) is 4.18 Å². The Kier molecular flexibility index (Phi) is 3.03. The van der Waals surface area contributed by atoms with E-state index >= 15 is 0 Å². The van der Waals surface area contributed by atoms with E-state index in [1.807, 2.05) is 30.3 Å². The third-order valence-electron chi connectivity index (χ3n) is 5.03. The first-order valence-corrected chi connectivity index (χ1v) is 9.38. The summed E-state index contributed by atoms with van der Waals surface area (Å²) in [5.74, 6) is 0.705. The van der Waals surface area contributed by atoms with Gasteiger partial charge in [-0.3, -0.25) is 0 Å². The maximum Gasteiger partial charge on any atom is 0.241 e. The molecule has 4 aromatic rings. The molecule has 1 unspecified atom stereocenters. The van der Waals surface area contributed by atoms with Crippen LogP contribution in [0.3, 0.4) is 0 Å². The number of rotatable bonds is 0. The van der Waals surface area contributed by atoms with Crippen LogP contribution in [0.15, 0.2) is 65.6 Å². The molecule has 5 rings (SSSR count). The molecule has 0 saturated carbocycles. The minimum Gasteiger partial charge on any atom is -0.396 e. The van der Waals surface area contributed by atoms with Crippen LogP contribution in [-0.4, -0.2) is 4.21 Å². The highest BCUT2D eigenvalue weighted by atomic mass is 32.2. The van der Waals surface area contributed by atoms with Crippen LogP contribution in [0.25, 0.3) is 32.7 Å². The summed E-state index contributed by atoms with van der Waals surface area (Å²) < 4.78 is 18.6. The van der Waals surface area contributed by atoms with Crippen LogP contribution in [0.4, 0.5) is 0 Å². The highest BCUT2D eigenvalue weighted by Crippen LogP contribution is 2.48. The second-order valence-electron chi connectivity index (χ2n) is 6.54. The van der Waals surface area contributed by atoms with Crippen LogP contribution >= 0.6 is 0 Å². The Morgan fingerprint density at radius 3 is 1.88 bits per heavy atom. The molecule has 3 heteroatoms. The number of benzene rings is 4. The Bertz CT molecular complexity index is 1210. The fourth-order valence-electron chi connectivity index (χ4n) is 3.89. The summed E-state index contributed by atoms with van der Waals surface area (Å²) in [6.45, 7) is 4.13. The molecule has 1 aliphatic rings. The van der Waals surface area contributed by atoms with Crippen LogP contribution < -0.4 is 4.18 Å². The molecule has 0 saturated heterocycles. The van der Waals surface area contributed by atoms with E-state index in [1.165, 1.54) is 10.8 Å². The first kappa shape index (κ1) is 14.7. The molecule has 1 heterocycles. The molecule has 0 radical (unpaired) electrons. The first-order chi connectivity index (χ1) is 12.1. The second kappa shape index (κ2) is 5.17. The lowest BCUT2D eigenvalue weighted by molar-refractivity contribution is 0.559. The zero-order chi connectivity index (χ0) is 17.1. The van der Waals surface area contributed by atoms with Gasteiger partial charge in [0.1, 0.15) is 5.75 Å². The average molecular weight is 344 g/mol. The van der Waals surface area contributed by atoms with Crippen molar-refractivity contribution >= 4 is 32.6 Å². The van der Waals surface area contributed by atoms with Gasteiger partial charge in [0.25, 0.3) is 0 Å². The van der Waals surface area contributed by atoms with Gasteiger partial charge in [-0.05, 0) is 58.7 Å². The Balaban J connectivity index is 2.05. The van der Waals surface area contributed by atoms with Gasteiger partial charge in [-0.15, -0.1) is 0 Å². The van der Waals surface area contributed by atoms with Gasteiger partial charge in [-0.25, -0.2) is 4.21 Å². The van der Waals surface area contributed by atoms with Crippen LogP contribution in [0.5, 0.6) is 5.75 Å². The van der Waals surface area contributed by atoms with Gasteiger partial charge in [-0.1, -0.05) is 48.5 Å². The fourth-order valence-corrected chi connectivity index (χ4v) is 4.92. The number of aryl methyl sites for hydroxylation is 2. The molecule has 0 N–H and O–H groups in total. The van der Waals surface area contributed by atoms with Crippen LogP contribution in [0, 0.1) is 13.8 Å². The van der Waals surface area contributed by atoms with Crippen molar-refractivity contribution < 1.29 is 8.39 Å². The van der Waals surface area contributed by atoms with Gasteiger partial charge < -0.3 is 4.18 Å². The monoisotopic (exact) mass is 344 g/mol. The summed E-state index contributed by atoms with van der Waals surface area (Å²) in [6, 6.07) is 20.7. The van der Waals surface area contributed by atoms with Crippen molar-refractivity contribution in [2.75, 3.05) is 0 Å². The smallest absolute Gasteiger partial charge is 0.241 e. The number of hydrogen-bond donors (Lipinski definition) is 0. The summed E-state index contributed by atoms with van der Waals surface area (Å²) in [6.07, 6.45) is 0. The third-order valence-corrected chi connectivity index (χ3v) is 6.04. The van der Waals surface area contributed by atoms with Gasteiger partial charge in [0.05, 0.1) is 4.90 Å². The highest BCUT2D eigenvalue weighted by Gasteiger charge is 2.28. The lowest BCUT2D eigenvalue weighted by Gasteiger charge is -2.24. The average Bonchev–Trinajstić information content (AvgIpc) is 2.63. The van der Waals surface area contributed by atoms with Gasteiger partial charge in [0.15, 0.2) is 0 Å². The zero-order valence-corrected chi connectivity index (χ0v) is 14.8. The van der Waals surface area contributed by atoms with E-state index in [2.05, 4.69) is 44.2 Å². The Labute approximate surface area is 148 Å². The molecule has 122 valence electrons. The number of hydrogen-bond acceptors (Lipinski definition) is 2. The molecule has 0 bridgehead atoms. The van der Waals surface area contributed by atoms with Crippen molar-refractivity contribution in [1.82, 2.24) is 0 Å². The molecular weight excluding hydrogens is 328 g/mol. The highest BCUT2D eigenvalue weighted by molar-refractivity contribution is 7.80. The molecule has 0 aliphatic carbocycles. The van der Waals surface area contributed by atoms with E-state index in [0.717, 1.165) is 37.9 Å². The molecule has 4 aromatic carbocycles. The summed E-state index contributed by atoms with van der Waals surface area (Å²) in [7, 11) is 0. The summed E-state index contributed by atoms with van der Waals surface area (Å²) in [5.41, 5.74) is 4.33. The van der Waals surface area contributed by atoms with E-state index in [9.17, 15) is 4.21 Å². The van der Waals surface area contributed by atoms with Crippen LogP contribution in [-0.2, 0) is 11.1 Å². The van der Waals surface area contributed by atoms with Gasteiger partial charge in [0.2, 0.25) is 11.1 Å². The summed E-state index contributed by atoms with van der Waals surface area (Å²) in [5, 5.41) is 4.66. The predicted molar refractivity (Wildman–Crippen MR) is 103 cm³/mol. The lowest BCUT2D eigenvalue weighted by Crippen LogP contribution is -2.11. The van der Waals surface area contributed by atoms with Gasteiger partial charge in [-0.2, -0.15) is 0 Å². The third kappa shape index (κ3) is 1.99. The topological polar surface area (TPSA) is 26.3 Å². The first-order valence-electron chi connectivity index (χ1n) is 8.30. The molecule has 2 nitrogen and oxygen atoms in total. The largest absolute Gasteiger partial charge is 0.396 e. The Morgan fingerprint density at radius 2 is 1.24 bits per heavy atom. The molecule has 1 atom stereocenters. The lowest BCUT2D eigenvalue weighted by atomic mass is 9.90.